The highest BCUT2D eigenvalue weighted by Gasteiger charge is 2.08. The van der Waals surface area contributed by atoms with Crippen LogP contribution in [0.2, 0.25) is 5.02 Å². The summed E-state index contributed by atoms with van der Waals surface area (Å²) in [6.07, 6.45) is 0. The van der Waals surface area contributed by atoms with E-state index in [1.165, 1.54) is 6.07 Å². The molecule has 4 aromatic rings. The molecule has 0 saturated carbocycles. The van der Waals surface area contributed by atoms with Crippen LogP contribution in [0.4, 0.5) is 11.4 Å². The van der Waals surface area contributed by atoms with Crippen molar-refractivity contribution in [1.29, 1.82) is 0 Å². The lowest BCUT2D eigenvalue weighted by Gasteiger charge is -2.07. The third-order valence-electron chi connectivity index (χ3n) is 4.44. The fourth-order valence-corrected chi connectivity index (χ4v) is 3.05. The third kappa shape index (κ3) is 5.12. The van der Waals surface area contributed by atoms with Gasteiger partial charge in [0.25, 0.3) is 5.91 Å². The van der Waals surface area contributed by atoms with Crippen LogP contribution in [0.3, 0.4) is 0 Å². The van der Waals surface area contributed by atoms with Gasteiger partial charge in [-0.2, -0.15) is 0 Å². The molecule has 0 atom stereocenters. The number of halogens is 1. The first kappa shape index (κ1) is 20.3. The van der Waals surface area contributed by atoms with Crippen LogP contribution in [0.25, 0.3) is 10.8 Å². The van der Waals surface area contributed by atoms with E-state index in [2.05, 4.69) is 15.7 Å². The number of hydrogen-bond acceptors (Lipinski definition) is 5. The standard InChI is InChI=1S/C24H16ClN3O3/c25-20-7-3-6-19(15-20)24(30)31-28-22-12-10-21(11-13-22)26-27-23(29)18-9-8-16-4-1-2-5-17(16)14-18/h1-15,28H. The molecule has 0 fully saturated rings. The van der Waals surface area contributed by atoms with Gasteiger partial charge in [0.05, 0.1) is 16.9 Å². The van der Waals surface area contributed by atoms with Gasteiger partial charge in [0.2, 0.25) is 0 Å². The SMILES string of the molecule is O=C(N=Nc1ccc(NOC(=O)c2cccc(Cl)c2)cc1)c1ccc2ccccc2c1. The molecular formula is C24H16ClN3O3. The monoisotopic (exact) mass is 429 g/mol. The Kier molecular flexibility index (Phi) is 6.01. The Bertz CT molecular complexity index is 1290. The molecule has 4 rings (SSSR count). The second-order valence-corrected chi connectivity index (χ2v) is 7.05. The Morgan fingerprint density at radius 2 is 1.55 bits per heavy atom. The molecule has 0 heterocycles. The van der Waals surface area contributed by atoms with Crippen molar-refractivity contribution in [1.82, 2.24) is 0 Å². The normalized spacial score (nSPS) is 10.9. The van der Waals surface area contributed by atoms with Gasteiger partial charge in [0.1, 0.15) is 0 Å². The van der Waals surface area contributed by atoms with Gasteiger partial charge in [-0.1, -0.05) is 48.0 Å². The number of hydrogen-bond donors (Lipinski definition) is 1. The molecule has 0 aliphatic heterocycles. The third-order valence-corrected chi connectivity index (χ3v) is 4.68. The predicted molar refractivity (Wildman–Crippen MR) is 120 cm³/mol. The lowest BCUT2D eigenvalue weighted by Crippen LogP contribution is -2.10. The minimum absolute atomic E-state index is 0.331. The van der Waals surface area contributed by atoms with Crippen molar-refractivity contribution in [2.24, 2.45) is 10.2 Å². The van der Waals surface area contributed by atoms with E-state index < -0.39 is 11.9 Å². The molecule has 4 aromatic carbocycles. The number of nitrogens with zero attached hydrogens (tertiary/aromatic N) is 2. The average molecular weight is 430 g/mol. The molecule has 152 valence electrons. The highest BCUT2D eigenvalue weighted by atomic mass is 35.5. The first-order chi connectivity index (χ1) is 15.1. The van der Waals surface area contributed by atoms with Crippen molar-refractivity contribution in [2.45, 2.75) is 0 Å². The summed E-state index contributed by atoms with van der Waals surface area (Å²) in [5.74, 6) is -0.990. The van der Waals surface area contributed by atoms with Gasteiger partial charge >= 0.3 is 5.97 Å². The Morgan fingerprint density at radius 3 is 2.32 bits per heavy atom. The minimum Gasteiger partial charge on any atom is -0.338 e. The summed E-state index contributed by atoms with van der Waals surface area (Å²) in [7, 11) is 0. The maximum absolute atomic E-state index is 12.3. The van der Waals surface area contributed by atoms with E-state index in [0.29, 0.717) is 27.5 Å². The number of amides is 1. The molecule has 0 saturated heterocycles. The van der Waals surface area contributed by atoms with Crippen molar-refractivity contribution < 1.29 is 14.4 Å². The van der Waals surface area contributed by atoms with Gasteiger partial charge in [0.15, 0.2) is 0 Å². The van der Waals surface area contributed by atoms with Crippen molar-refractivity contribution in [3.05, 3.63) is 107 Å². The maximum atomic E-state index is 12.3. The van der Waals surface area contributed by atoms with Gasteiger partial charge in [-0.05, 0) is 65.4 Å². The van der Waals surface area contributed by atoms with Crippen LogP contribution < -0.4 is 5.48 Å². The molecule has 31 heavy (non-hydrogen) atoms. The zero-order valence-corrected chi connectivity index (χ0v) is 16.9. The predicted octanol–water partition coefficient (Wildman–Crippen LogP) is 6.60. The number of carbonyl (C=O) groups is 2. The van der Waals surface area contributed by atoms with Gasteiger partial charge in [-0.15, -0.1) is 10.2 Å². The summed E-state index contributed by atoms with van der Waals surface area (Å²) in [4.78, 5) is 29.4. The summed E-state index contributed by atoms with van der Waals surface area (Å²) in [6, 6.07) is 26.2. The first-order valence-electron chi connectivity index (χ1n) is 9.36. The highest BCUT2D eigenvalue weighted by Crippen LogP contribution is 2.20. The lowest BCUT2D eigenvalue weighted by molar-refractivity contribution is 0.0596. The van der Waals surface area contributed by atoms with E-state index in [-0.39, 0.29) is 0 Å². The van der Waals surface area contributed by atoms with Crippen LogP contribution in [0.1, 0.15) is 20.7 Å². The average Bonchev–Trinajstić information content (AvgIpc) is 2.81. The molecule has 6 nitrogen and oxygen atoms in total. The quantitative estimate of drug-likeness (QED) is 0.286. The topological polar surface area (TPSA) is 80.1 Å². The molecule has 0 bridgehead atoms. The van der Waals surface area contributed by atoms with E-state index in [9.17, 15) is 9.59 Å². The summed E-state index contributed by atoms with van der Waals surface area (Å²) in [6.45, 7) is 0. The Balaban J connectivity index is 1.36. The van der Waals surface area contributed by atoms with E-state index in [1.807, 2.05) is 30.3 Å². The summed E-state index contributed by atoms with van der Waals surface area (Å²) in [5, 5.41) is 10.2. The largest absolute Gasteiger partial charge is 0.362 e. The van der Waals surface area contributed by atoms with Crippen molar-refractivity contribution in [2.75, 3.05) is 5.48 Å². The number of rotatable bonds is 5. The summed E-state index contributed by atoms with van der Waals surface area (Å²) in [5.41, 5.74) is 4.39. The van der Waals surface area contributed by atoms with E-state index >= 15 is 0 Å². The van der Waals surface area contributed by atoms with Gasteiger partial charge in [0, 0.05) is 10.6 Å². The van der Waals surface area contributed by atoms with Crippen molar-refractivity contribution in [3.63, 3.8) is 0 Å². The number of carbonyl (C=O) groups excluding carboxylic acids is 2. The van der Waals surface area contributed by atoms with Crippen molar-refractivity contribution >= 4 is 45.6 Å². The fourth-order valence-electron chi connectivity index (χ4n) is 2.86. The maximum Gasteiger partial charge on any atom is 0.362 e. The van der Waals surface area contributed by atoms with Crippen LogP contribution >= 0.6 is 11.6 Å². The Hall–Kier alpha value is -4.03. The fraction of sp³-hybridized carbons (Fsp3) is 0. The zero-order chi connectivity index (χ0) is 21.6. The van der Waals surface area contributed by atoms with Gasteiger partial charge < -0.3 is 4.84 Å². The molecule has 0 unspecified atom stereocenters. The minimum atomic E-state index is -0.563. The smallest absolute Gasteiger partial charge is 0.338 e. The van der Waals surface area contributed by atoms with Gasteiger partial charge in [-0.3, -0.25) is 4.79 Å². The number of azo groups is 1. The van der Waals surface area contributed by atoms with E-state index in [1.54, 1.807) is 54.6 Å². The molecule has 0 aliphatic rings. The molecule has 7 heteroatoms. The van der Waals surface area contributed by atoms with Crippen molar-refractivity contribution in [3.8, 4) is 0 Å². The summed E-state index contributed by atoms with van der Waals surface area (Å²) < 4.78 is 0. The zero-order valence-electron chi connectivity index (χ0n) is 16.2. The molecular weight excluding hydrogens is 414 g/mol. The molecule has 0 radical (unpaired) electrons. The molecule has 0 aromatic heterocycles. The first-order valence-corrected chi connectivity index (χ1v) is 9.74. The van der Waals surface area contributed by atoms with Crippen LogP contribution in [-0.4, -0.2) is 11.9 Å². The Morgan fingerprint density at radius 1 is 0.774 bits per heavy atom. The molecule has 0 aliphatic carbocycles. The number of benzene rings is 4. The lowest BCUT2D eigenvalue weighted by atomic mass is 10.1. The second-order valence-electron chi connectivity index (χ2n) is 6.62. The highest BCUT2D eigenvalue weighted by molar-refractivity contribution is 6.30. The van der Waals surface area contributed by atoms with E-state index in [4.69, 9.17) is 16.4 Å². The van der Waals surface area contributed by atoms with Gasteiger partial charge in [-0.25, -0.2) is 10.3 Å². The second kappa shape index (κ2) is 9.19. The Labute approximate surface area is 183 Å². The van der Waals surface area contributed by atoms with Crippen LogP contribution in [0.15, 0.2) is 101 Å². The summed E-state index contributed by atoms with van der Waals surface area (Å²) >= 11 is 5.87. The van der Waals surface area contributed by atoms with Crippen LogP contribution in [0, 0.1) is 0 Å². The molecule has 1 amide bonds. The number of anilines is 1. The molecule has 0 spiro atoms. The number of fused-ring (bicyclic) bond motifs is 1. The van der Waals surface area contributed by atoms with Crippen LogP contribution in [0.5, 0.6) is 0 Å². The van der Waals surface area contributed by atoms with E-state index in [0.717, 1.165) is 10.8 Å². The number of nitrogens with one attached hydrogen (secondary N) is 1. The molecule has 1 N–H and O–H groups in total. The van der Waals surface area contributed by atoms with Crippen LogP contribution in [-0.2, 0) is 4.84 Å².